The predicted molar refractivity (Wildman–Crippen MR) is 195 cm³/mol. The molecule has 3 saturated heterocycles. The van der Waals surface area contributed by atoms with E-state index in [1.54, 1.807) is 7.11 Å². The van der Waals surface area contributed by atoms with Crippen LogP contribution in [0.25, 0.3) is 21.8 Å². The topological polar surface area (TPSA) is 90.7 Å². The van der Waals surface area contributed by atoms with Gasteiger partial charge >= 0.3 is 11.9 Å². The van der Waals surface area contributed by atoms with Crippen molar-refractivity contribution in [3.63, 3.8) is 0 Å². The second-order valence-corrected chi connectivity index (χ2v) is 15.9. The van der Waals surface area contributed by atoms with Crippen molar-refractivity contribution in [1.82, 2.24) is 19.8 Å². The maximum absolute atomic E-state index is 14.3. The van der Waals surface area contributed by atoms with Crippen LogP contribution in [0.5, 0.6) is 0 Å². The van der Waals surface area contributed by atoms with E-state index in [4.69, 9.17) is 9.47 Å². The lowest BCUT2D eigenvalue weighted by Gasteiger charge is -2.57. The number of carbonyl (C=O) groups excluding carboxylic acids is 2. The second-order valence-electron chi connectivity index (χ2n) is 15.9. The van der Waals surface area contributed by atoms with Gasteiger partial charge in [-0.1, -0.05) is 61.4 Å². The minimum atomic E-state index is -0.707. The van der Waals surface area contributed by atoms with E-state index >= 15 is 0 Å². The number of fused-ring (bicyclic) bond motifs is 9. The van der Waals surface area contributed by atoms with E-state index in [1.165, 1.54) is 52.3 Å². The molecule has 4 fully saturated rings. The molecular formula is C42H50N4O4. The van der Waals surface area contributed by atoms with E-state index in [2.05, 4.69) is 89.2 Å². The number of piperidine rings is 3. The molecule has 6 aliphatic rings. The van der Waals surface area contributed by atoms with Gasteiger partial charge in [0.25, 0.3) is 0 Å². The van der Waals surface area contributed by atoms with Gasteiger partial charge in [-0.15, -0.1) is 0 Å². The number of nitrogens with zero attached hydrogens (tertiary/aromatic N) is 2. The zero-order valence-electron chi connectivity index (χ0n) is 30.1. The third kappa shape index (κ3) is 4.36. The van der Waals surface area contributed by atoms with Crippen LogP contribution >= 0.6 is 0 Å². The quantitative estimate of drug-likeness (QED) is 0.190. The highest BCUT2D eigenvalue weighted by Crippen LogP contribution is 2.56. The number of rotatable bonds is 4. The van der Waals surface area contributed by atoms with Crippen molar-refractivity contribution < 1.29 is 19.1 Å². The number of likely N-dealkylation sites (N-methyl/N-ethyl adjacent to an activating group) is 1. The van der Waals surface area contributed by atoms with E-state index in [9.17, 15) is 9.59 Å². The van der Waals surface area contributed by atoms with Crippen LogP contribution in [0.2, 0.25) is 0 Å². The number of allylic oxidation sites excluding steroid dienone is 1. The number of likely N-dealkylation sites (tertiary alicyclic amines) is 1. The first kappa shape index (κ1) is 32.1. The molecular weight excluding hydrogens is 624 g/mol. The third-order valence-electron chi connectivity index (χ3n) is 13.9. The van der Waals surface area contributed by atoms with Gasteiger partial charge in [-0.3, -0.25) is 19.4 Å². The Morgan fingerprint density at radius 2 is 1.84 bits per heavy atom. The molecule has 0 spiro atoms. The first-order valence-electron chi connectivity index (χ1n) is 18.8. The lowest BCUT2D eigenvalue weighted by Crippen LogP contribution is -2.67. The number of ether oxygens (including phenoxy) is 2. The fraction of sp³-hybridized carbons (Fsp3) is 0.524. The molecule has 1 unspecified atom stereocenters. The fourth-order valence-corrected chi connectivity index (χ4v) is 11.9. The van der Waals surface area contributed by atoms with Crippen molar-refractivity contribution in [3.05, 3.63) is 82.2 Å². The van der Waals surface area contributed by atoms with Gasteiger partial charge < -0.3 is 19.4 Å². The molecule has 8 nitrogen and oxygen atoms in total. The maximum atomic E-state index is 14.3. The molecule has 0 radical (unpaired) electrons. The molecule has 0 amide bonds. The van der Waals surface area contributed by atoms with Gasteiger partial charge in [0.1, 0.15) is 5.41 Å². The highest BCUT2D eigenvalue weighted by molar-refractivity contribution is 5.94. The van der Waals surface area contributed by atoms with Crippen LogP contribution in [0.4, 0.5) is 0 Å². The molecule has 6 bridgehead atoms. The average Bonchev–Trinajstić information content (AvgIpc) is 3.67. The highest BCUT2D eigenvalue weighted by atomic mass is 16.5. The van der Waals surface area contributed by atoms with Crippen molar-refractivity contribution in [2.24, 2.45) is 23.7 Å². The summed E-state index contributed by atoms with van der Waals surface area (Å²) >= 11 is 0. The van der Waals surface area contributed by atoms with Crippen molar-refractivity contribution in [2.45, 2.75) is 75.8 Å². The third-order valence-corrected chi connectivity index (χ3v) is 13.9. The van der Waals surface area contributed by atoms with Gasteiger partial charge in [0.15, 0.2) is 0 Å². The fourth-order valence-electron chi connectivity index (χ4n) is 11.9. The smallest absolute Gasteiger partial charge is 0.319 e. The first-order chi connectivity index (χ1) is 24.3. The molecule has 6 heterocycles. The molecule has 4 aliphatic heterocycles. The van der Waals surface area contributed by atoms with Gasteiger partial charge in [0.2, 0.25) is 0 Å². The van der Waals surface area contributed by atoms with E-state index in [0.29, 0.717) is 11.8 Å². The Morgan fingerprint density at radius 3 is 2.62 bits per heavy atom. The van der Waals surface area contributed by atoms with Gasteiger partial charge in [0.05, 0.1) is 20.1 Å². The largest absolute Gasteiger partial charge is 0.469 e. The molecule has 9 atom stereocenters. The van der Waals surface area contributed by atoms with Gasteiger partial charge in [0, 0.05) is 70.8 Å². The number of esters is 2. The normalized spacial score (nSPS) is 34.1. The van der Waals surface area contributed by atoms with E-state index in [0.717, 1.165) is 68.5 Å². The number of hydrogen-bond donors (Lipinski definition) is 2. The van der Waals surface area contributed by atoms with Crippen LogP contribution in [-0.2, 0) is 37.3 Å². The van der Waals surface area contributed by atoms with Gasteiger partial charge in [-0.05, 0) is 86.6 Å². The number of methoxy groups -OCH3 is 2. The molecule has 1 saturated carbocycles. The predicted octanol–water partition coefficient (Wildman–Crippen LogP) is 6.48. The Balaban J connectivity index is 1.28. The Hall–Kier alpha value is -3.88. The van der Waals surface area contributed by atoms with Crippen LogP contribution in [0, 0.1) is 23.7 Å². The maximum Gasteiger partial charge on any atom is 0.319 e. The highest BCUT2D eigenvalue weighted by Gasteiger charge is 2.63. The summed E-state index contributed by atoms with van der Waals surface area (Å²) in [6.07, 6.45) is 7.77. The average molecular weight is 675 g/mol. The molecule has 2 aliphatic carbocycles. The first-order valence-corrected chi connectivity index (χ1v) is 18.8. The summed E-state index contributed by atoms with van der Waals surface area (Å²) in [5.74, 6) is 0.488. The van der Waals surface area contributed by atoms with Crippen LogP contribution < -0.4 is 0 Å². The molecule has 262 valence electrons. The van der Waals surface area contributed by atoms with Crippen molar-refractivity contribution in [2.75, 3.05) is 40.9 Å². The number of aromatic amines is 2. The minimum absolute atomic E-state index is 0.00312. The summed E-state index contributed by atoms with van der Waals surface area (Å²) < 4.78 is 11.3. The Morgan fingerprint density at radius 1 is 1.02 bits per heavy atom. The molecule has 50 heavy (non-hydrogen) atoms. The number of benzene rings is 2. The lowest BCUT2D eigenvalue weighted by atomic mass is 9.56. The molecule has 8 heteroatoms. The van der Waals surface area contributed by atoms with Crippen LogP contribution in [0.1, 0.15) is 73.5 Å². The molecule has 2 N–H and O–H groups in total. The van der Waals surface area contributed by atoms with Gasteiger partial charge in [-0.25, -0.2) is 0 Å². The number of hydrogen-bond acceptors (Lipinski definition) is 6. The number of para-hydroxylation sites is 2. The SMILES string of the molecule is C/C=C1\CN(C)[C@H]2Cc3c([nH]c4ccccc34)[C@@H](c3cccc4c5c([nH]c34)[C@]3(C(=O)OC)C[C@H]4C[C@H](CC)[C@@H]3N(CC5)C4)C[C@@H]1[C@H]2C(=O)OC. The van der Waals surface area contributed by atoms with Crippen molar-refractivity contribution in [1.29, 1.82) is 0 Å². The zero-order chi connectivity index (χ0) is 34.5. The number of carbonyl (C=O) groups is 2. The summed E-state index contributed by atoms with van der Waals surface area (Å²) in [5.41, 5.74) is 8.97. The second kappa shape index (κ2) is 11.8. The van der Waals surface area contributed by atoms with Gasteiger partial charge in [-0.2, -0.15) is 0 Å². The Bertz CT molecular complexity index is 2040. The Labute approximate surface area is 294 Å². The number of H-pyrrole nitrogens is 2. The standard InChI is InChI=1S/C42H50N4O4/c1-6-24-17-23-20-42(41(48)50-5)38-29(15-16-46(21-23)39(24)42)27-12-10-13-28(36(27)44-38)31-18-30-25(7-2)22-45(3)34(35(30)40(47)49-4)19-32-26-11-8-9-14-33(26)43-37(31)32/h7-14,23-24,30-31,34-35,39,43-44H,6,15-22H2,1-5H3/b25-7+/t23-,24+,30+,31-,34+,35-,39+,42-/m1/s1. The zero-order valence-corrected chi connectivity index (χ0v) is 30.1. The number of aromatic nitrogens is 2. The molecule has 4 aromatic rings. The monoisotopic (exact) mass is 674 g/mol. The minimum Gasteiger partial charge on any atom is -0.469 e. The summed E-state index contributed by atoms with van der Waals surface area (Å²) in [6.45, 7) is 7.27. The lowest BCUT2D eigenvalue weighted by molar-refractivity contribution is -0.162. The van der Waals surface area contributed by atoms with Crippen LogP contribution in [0.3, 0.4) is 0 Å². The van der Waals surface area contributed by atoms with Crippen LogP contribution in [-0.4, -0.2) is 84.7 Å². The summed E-state index contributed by atoms with van der Waals surface area (Å²) in [5, 5.41) is 2.44. The molecule has 10 rings (SSSR count). The Kier molecular flexibility index (Phi) is 7.59. The van der Waals surface area contributed by atoms with E-state index < -0.39 is 5.41 Å². The van der Waals surface area contributed by atoms with E-state index in [-0.39, 0.29) is 41.8 Å². The van der Waals surface area contributed by atoms with Crippen molar-refractivity contribution >= 4 is 33.7 Å². The van der Waals surface area contributed by atoms with E-state index in [1.807, 2.05) is 0 Å². The summed E-state index contributed by atoms with van der Waals surface area (Å²) in [4.78, 5) is 41.0. The number of nitrogens with one attached hydrogen (secondary N) is 2. The summed E-state index contributed by atoms with van der Waals surface area (Å²) in [6, 6.07) is 15.5. The molecule has 2 aromatic carbocycles. The van der Waals surface area contributed by atoms with Crippen LogP contribution in [0.15, 0.2) is 54.1 Å². The summed E-state index contributed by atoms with van der Waals surface area (Å²) in [7, 11) is 5.26. The molecule has 2 aromatic heterocycles. The van der Waals surface area contributed by atoms with Crippen molar-refractivity contribution in [3.8, 4) is 0 Å².